The van der Waals surface area contributed by atoms with Crippen molar-refractivity contribution >= 4 is 40.2 Å². The highest BCUT2D eigenvalue weighted by Crippen LogP contribution is 2.29. The molecule has 0 radical (unpaired) electrons. The van der Waals surface area contributed by atoms with Crippen LogP contribution < -0.4 is 4.90 Å². The van der Waals surface area contributed by atoms with Crippen LogP contribution in [0.3, 0.4) is 0 Å². The first-order valence-corrected chi connectivity index (χ1v) is 6.99. The van der Waals surface area contributed by atoms with Crippen LogP contribution in [0, 0.1) is 0 Å². The summed E-state index contributed by atoms with van der Waals surface area (Å²) in [4.78, 5) is 6.38. The van der Waals surface area contributed by atoms with E-state index in [1.165, 1.54) is 0 Å². The number of halogens is 2. The molecule has 2 nitrogen and oxygen atoms in total. The van der Waals surface area contributed by atoms with Gasteiger partial charge in [0.05, 0.1) is 23.6 Å². The quantitative estimate of drug-likeness (QED) is 0.784. The number of aromatic nitrogens is 1. The molecule has 0 aliphatic carbocycles. The van der Waals surface area contributed by atoms with Crippen molar-refractivity contribution in [3.63, 3.8) is 0 Å². The Hall–Kier alpha value is -0.770. The predicted molar refractivity (Wildman–Crippen MR) is 75.2 cm³/mol. The lowest BCUT2D eigenvalue weighted by Crippen LogP contribution is -2.18. The molecule has 0 fully saturated rings. The zero-order valence-corrected chi connectivity index (χ0v) is 11.7. The number of anilines is 1. The molecule has 5 heteroatoms. The molecule has 1 aromatic heterocycles. The molecule has 90 valence electrons. The molecule has 0 aliphatic rings. The van der Waals surface area contributed by atoms with Gasteiger partial charge in [-0.05, 0) is 12.1 Å². The topological polar surface area (TPSA) is 16.1 Å². The van der Waals surface area contributed by atoms with Crippen LogP contribution in [0.15, 0.2) is 29.1 Å². The van der Waals surface area contributed by atoms with Crippen LogP contribution in [0.5, 0.6) is 0 Å². The van der Waals surface area contributed by atoms with Crippen LogP contribution in [-0.4, -0.2) is 12.0 Å². The molecule has 2 aromatic rings. The van der Waals surface area contributed by atoms with Gasteiger partial charge in [-0.1, -0.05) is 17.7 Å². The molecule has 0 bridgehead atoms. The molecule has 17 heavy (non-hydrogen) atoms. The number of alkyl halides is 1. The fraction of sp³-hybridized carbons (Fsp3) is 0.250. The van der Waals surface area contributed by atoms with Gasteiger partial charge in [-0.3, -0.25) is 0 Å². The average molecular weight is 287 g/mol. The third-order valence-electron chi connectivity index (χ3n) is 2.52. The van der Waals surface area contributed by atoms with Crippen LogP contribution in [0.4, 0.5) is 5.69 Å². The summed E-state index contributed by atoms with van der Waals surface area (Å²) >= 11 is 13.7. The number of nitrogens with zero attached hydrogens (tertiary/aromatic N) is 2. The highest BCUT2D eigenvalue weighted by atomic mass is 35.5. The van der Waals surface area contributed by atoms with Crippen LogP contribution in [-0.2, 0) is 12.4 Å². The normalized spacial score (nSPS) is 10.5. The van der Waals surface area contributed by atoms with Gasteiger partial charge in [-0.2, -0.15) is 0 Å². The minimum Gasteiger partial charge on any atom is -0.368 e. The van der Waals surface area contributed by atoms with Gasteiger partial charge >= 0.3 is 0 Å². The van der Waals surface area contributed by atoms with Gasteiger partial charge in [-0.15, -0.1) is 22.9 Å². The van der Waals surface area contributed by atoms with E-state index in [1.54, 1.807) is 11.3 Å². The summed E-state index contributed by atoms with van der Waals surface area (Å²) in [5, 5.41) is 2.75. The van der Waals surface area contributed by atoms with Crippen LogP contribution in [0.25, 0.3) is 0 Å². The van der Waals surface area contributed by atoms with Crippen molar-refractivity contribution in [1.82, 2.24) is 4.98 Å². The molecule has 0 saturated heterocycles. The molecule has 0 amide bonds. The monoisotopic (exact) mass is 286 g/mol. The van der Waals surface area contributed by atoms with E-state index >= 15 is 0 Å². The molecule has 0 spiro atoms. The lowest BCUT2D eigenvalue weighted by atomic mass is 10.2. The summed E-state index contributed by atoms with van der Waals surface area (Å²) < 4.78 is 0. The summed E-state index contributed by atoms with van der Waals surface area (Å²) in [6.45, 7) is 0.758. The van der Waals surface area contributed by atoms with Gasteiger partial charge in [0.15, 0.2) is 0 Å². The third kappa shape index (κ3) is 2.92. The van der Waals surface area contributed by atoms with Crippen molar-refractivity contribution in [3.05, 3.63) is 45.4 Å². The lowest BCUT2D eigenvalue weighted by molar-refractivity contribution is 0.889. The molecule has 0 unspecified atom stereocenters. The van der Waals surface area contributed by atoms with E-state index in [4.69, 9.17) is 23.2 Å². The highest BCUT2D eigenvalue weighted by molar-refractivity contribution is 7.07. The molecule has 1 heterocycles. The minimum absolute atomic E-state index is 0.413. The predicted octanol–water partition coefficient (Wildman–Crippen LogP) is 4.17. The summed E-state index contributed by atoms with van der Waals surface area (Å²) in [7, 11) is 2.01. The SMILES string of the molecule is CN(Cc1cscn1)c1cccc(Cl)c1CCl. The Kier molecular flexibility index (Phi) is 4.26. The minimum atomic E-state index is 0.413. The van der Waals surface area contributed by atoms with Gasteiger partial charge in [0.2, 0.25) is 0 Å². The van der Waals surface area contributed by atoms with Crippen molar-refractivity contribution < 1.29 is 0 Å². The summed E-state index contributed by atoms with van der Waals surface area (Å²) in [5.74, 6) is 0.413. The number of hydrogen-bond donors (Lipinski definition) is 0. The van der Waals surface area contributed by atoms with Gasteiger partial charge in [0.1, 0.15) is 0 Å². The first-order chi connectivity index (χ1) is 8.22. The highest BCUT2D eigenvalue weighted by Gasteiger charge is 2.10. The Labute approximate surface area is 115 Å². The largest absolute Gasteiger partial charge is 0.368 e. The lowest BCUT2D eigenvalue weighted by Gasteiger charge is -2.21. The molecular formula is C12H12Cl2N2S. The molecular weight excluding hydrogens is 275 g/mol. The van der Waals surface area contributed by atoms with E-state index in [9.17, 15) is 0 Å². The van der Waals surface area contributed by atoms with E-state index in [1.807, 2.05) is 36.1 Å². The fourth-order valence-electron chi connectivity index (χ4n) is 1.68. The standard InChI is InChI=1S/C12H12Cl2N2S/c1-16(6-9-7-17-8-15-9)12-4-2-3-11(14)10(12)5-13/h2-4,7-8H,5-6H2,1H3. The van der Waals surface area contributed by atoms with Crippen molar-refractivity contribution in [2.24, 2.45) is 0 Å². The third-order valence-corrected chi connectivity index (χ3v) is 3.78. The van der Waals surface area contributed by atoms with E-state index in [0.29, 0.717) is 10.9 Å². The van der Waals surface area contributed by atoms with Gasteiger partial charge in [0, 0.05) is 28.7 Å². The Morgan fingerprint density at radius 1 is 1.41 bits per heavy atom. The maximum Gasteiger partial charge on any atom is 0.0795 e. The van der Waals surface area contributed by atoms with Gasteiger partial charge in [-0.25, -0.2) is 4.98 Å². The summed E-state index contributed by atoms with van der Waals surface area (Å²) in [5.41, 5.74) is 4.91. The second-order valence-corrected chi connectivity index (χ2v) is 5.10. The maximum absolute atomic E-state index is 6.13. The van der Waals surface area contributed by atoms with Crippen molar-refractivity contribution in [1.29, 1.82) is 0 Å². The molecule has 1 aromatic carbocycles. The van der Waals surface area contributed by atoms with Crippen molar-refractivity contribution in [2.75, 3.05) is 11.9 Å². The summed E-state index contributed by atoms with van der Waals surface area (Å²) in [6, 6.07) is 5.82. The first-order valence-electron chi connectivity index (χ1n) is 5.14. The zero-order chi connectivity index (χ0) is 12.3. The van der Waals surface area contributed by atoms with E-state index in [2.05, 4.69) is 9.88 Å². The summed E-state index contributed by atoms with van der Waals surface area (Å²) in [6.07, 6.45) is 0. The smallest absolute Gasteiger partial charge is 0.0795 e. The van der Waals surface area contributed by atoms with Crippen LogP contribution in [0.2, 0.25) is 5.02 Å². The average Bonchev–Trinajstić information content (AvgIpc) is 2.81. The number of rotatable bonds is 4. The van der Waals surface area contributed by atoms with Gasteiger partial charge in [0.25, 0.3) is 0 Å². The Bertz CT molecular complexity index is 485. The number of benzene rings is 1. The second-order valence-electron chi connectivity index (χ2n) is 3.71. The van der Waals surface area contributed by atoms with Crippen LogP contribution >= 0.6 is 34.5 Å². The molecule has 0 N–H and O–H groups in total. The van der Waals surface area contributed by atoms with Crippen molar-refractivity contribution in [2.45, 2.75) is 12.4 Å². The second kappa shape index (κ2) is 5.71. The Morgan fingerprint density at radius 2 is 2.24 bits per heavy atom. The molecule has 0 aliphatic heterocycles. The molecule has 0 saturated carbocycles. The maximum atomic E-state index is 6.13. The zero-order valence-electron chi connectivity index (χ0n) is 9.36. The number of hydrogen-bond acceptors (Lipinski definition) is 3. The fourth-order valence-corrected chi connectivity index (χ4v) is 2.82. The van der Waals surface area contributed by atoms with Crippen molar-refractivity contribution in [3.8, 4) is 0 Å². The van der Waals surface area contributed by atoms with Gasteiger partial charge < -0.3 is 4.90 Å². The molecule has 2 rings (SSSR count). The first kappa shape index (κ1) is 12.7. The van der Waals surface area contributed by atoms with Crippen LogP contribution in [0.1, 0.15) is 11.3 Å². The van der Waals surface area contributed by atoms with E-state index in [-0.39, 0.29) is 0 Å². The van der Waals surface area contributed by atoms with E-state index in [0.717, 1.165) is 23.5 Å². The van der Waals surface area contributed by atoms with E-state index < -0.39 is 0 Å². The number of thiazole rings is 1. The molecule has 0 atom stereocenters. The Morgan fingerprint density at radius 3 is 2.88 bits per heavy atom. The Balaban J connectivity index is 2.24.